The smallest absolute Gasteiger partial charge is 0.328 e. The number of H-pyrrole nitrogens is 1. The molecule has 0 aliphatic carbocycles. The van der Waals surface area contributed by atoms with Crippen LogP contribution in [-0.4, -0.2) is 185 Å². The molecule has 2 aliphatic rings. The second kappa shape index (κ2) is 24.8. The number of aromatic nitrogens is 2. The van der Waals surface area contributed by atoms with E-state index in [1.54, 1.807) is 0 Å². The van der Waals surface area contributed by atoms with Crippen molar-refractivity contribution < 1.29 is 68.7 Å². The van der Waals surface area contributed by atoms with Gasteiger partial charge in [0.05, 0.1) is 31.2 Å². The number of carboxylic acid groups (broad SMARTS) is 2. The molecule has 3 rings (SSSR count). The summed E-state index contributed by atoms with van der Waals surface area (Å²) in [5.41, 5.74) is 12.1. The lowest BCUT2D eigenvalue weighted by molar-refractivity contribution is -0.145. The Morgan fingerprint density at radius 2 is 1.32 bits per heavy atom. The SMILES string of the molecule is C[C@@H](O)[C@H](NC(=O)[C@H](CO)NC(=O)[C@@H](NC(=O)[C@H](CCCCN)NC(=O)[C@@H]1CCCN1C(=O)[C@H](Cc1cnc[nH]1)NC(=O)[C@@H]1CCCN1C(=O)[C@@H](N)CCC(=O)O)[C@@H](C)O)C(=O)O. The molecule has 1 aromatic heterocycles. The van der Waals surface area contributed by atoms with Crippen LogP contribution < -0.4 is 38.1 Å². The number of aromatic amines is 1. The van der Waals surface area contributed by atoms with Crippen LogP contribution in [0.5, 0.6) is 0 Å². The Morgan fingerprint density at radius 1 is 0.762 bits per heavy atom. The van der Waals surface area contributed by atoms with Gasteiger partial charge in [-0.2, -0.15) is 0 Å². The van der Waals surface area contributed by atoms with Gasteiger partial charge in [0.25, 0.3) is 0 Å². The van der Waals surface area contributed by atoms with Crippen LogP contribution in [-0.2, 0) is 49.6 Å². The lowest BCUT2D eigenvalue weighted by Crippen LogP contribution is -2.62. The molecule has 0 spiro atoms. The van der Waals surface area contributed by atoms with E-state index in [1.165, 1.54) is 22.3 Å². The minimum absolute atomic E-state index is 0.00371. The number of amides is 7. The number of nitrogens with zero attached hydrogens (tertiary/aromatic N) is 3. The topological polar surface area (TPSA) is 402 Å². The Kier molecular flexibility index (Phi) is 20.3. The predicted octanol–water partition coefficient (Wildman–Crippen LogP) is -5.48. The number of carbonyl (C=O) groups is 9. The third kappa shape index (κ3) is 14.9. The minimum Gasteiger partial charge on any atom is -0.481 e. The molecule has 63 heavy (non-hydrogen) atoms. The number of hydrogen-bond donors (Lipinski definition) is 13. The number of rotatable bonds is 25. The van der Waals surface area contributed by atoms with Crippen molar-refractivity contribution in [2.24, 2.45) is 11.5 Å². The lowest BCUT2D eigenvalue weighted by atomic mass is 10.0. The Labute approximate surface area is 362 Å². The number of aliphatic hydroxyl groups is 3. The highest BCUT2D eigenvalue weighted by Gasteiger charge is 2.42. The van der Waals surface area contributed by atoms with Crippen LogP contribution in [0.4, 0.5) is 0 Å². The van der Waals surface area contributed by atoms with Gasteiger partial charge in [0, 0.05) is 37.8 Å². The molecule has 15 N–H and O–H groups in total. The molecule has 0 bridgehead atoms. The quantitative estimate of drug-likeness (QED) is 0.0407. The van der Waals surface area contributed by atoms with Crippen LogP contribution in [0.25, 0.3) is 0 Å². The van der Waals surface area contributed by atoms with Gasteiger partial charge in [-0.15, -0.1) is 0 Å². The molecule has 0 saturated carbocycles. The molecular formula is C38H61N11O14. The number of carbonyl (C=O) groups excluding carboxylic acids is 7. The van der Waals surface area contributed by atoms with Gasteiger partial charge >= 0.3 is 11.9 Å². The van der Waals surface area contributed by atoms with E-state index in [0.29, 0.717) is 31.4 Å². The van der Waals surface area contributed by atoms with Gasteiger partial charge in [-0.1, -0.05) is 0 Å². The predicted molar refractivity (Wildman–Crippen MR) is 217 cm³/mol. The summed E-state index contributed by atoms with van der Waals surface area (Å²) in [4.78, 5) is 127. The average molecular weight is 896 g/mol. The molecule has 10 atom stereocenters. The van der Waals surface area contributed by atoms with Crippen molar-refractivity contribution in [1.82, 2.24) is 46.4 Å². The number of likely N-dealkylation sites (tertiary alicyclic amines) is 2. The van der Waals surface area contributed by atoms with Crippen molar-refractivity contribution in [1.29, 1.82) is 0 Å². The maximum atomic E-state index is 14.3. The third-order valence-corrected chi connectivity index (χ3v) is 10.8. The Hall–Kier alpha value is -5.76. The molecule has 1 aromatic rings. The number of aliphatic hydroxyl groups excluding tert-OH is 3. The lowest BCUT2D eigenvalue weighted by Gasteiger charge is -2.32. The zero-order valence-corrected chi connectivity index (χ0v) is 35.2. The molecule has 25 nitrogen and oxygen atoms in total. The fraction of sp³-hybridized carbons (Fsp3) is 0.684. The van der Waals surface area contributed by atoms with Crippen LogP contribution in [0.1, 0.15) is 77.3 Å². The van der Waals surface area contributed by atoms with E-state index in [1.807, 2.05) is 5.32 Å². The molecule has 7 amide bonds. The van der Waals surface area contributed by atoms with Crippen LogP contribution in [0.2, 0.25) is 0 Å². The van der Waals surface area contributed by atoms with Crippen molar-refractivity contribution >= 4 is 53.3 Å². The van der Waals surface area contributed by atoms with Crippen molar-refractivity contribution in [3.05, 3.63) is 18.2 Å². The highest BCUT2D eigenvalue weighted by atomic mass is 16.4. The highest BCUT2D eigenvalue weighted by molar-refractivity contribution is 5.98. The fourth-order valence-corrected chi connectivity index (χ4v) is 7.29. The Balaban J connectivity index is 1.78. The van der Waals surface area contributed by atoms with Gasteiger partial charge in [0.15, 0.2) is 6.04 Å². The van der Waals surface area contributed by atoms with Crippen molar-refractivity contribution in [2.45, 2.75) is 139 Å². The number of nitrogens with two attached hydrogens (primary N) is 2. The molecule has 0 unspecified atom stereocenters. The van der Waals surface area contributed by atoms with Gasteiger partial charge in [-0.05, 0) is 71.8 Å². The van der Waals surface area contributed by atoms with Crippen molar-refractivity contribution in [3.63, 3.8) is 0 Å². The average Bonchev–Trinajstić information content (AvgIpc) is 4.04. The van der Waals surface area contributed by atoms with E-state index in [0.717, 1.165) is 13.8 Å². The van der Waals surface area contributed by atoms with E-state index in [-0.39, 0.29) is 58.2 Å². The number of carboxylic acids is 2. The summed E-state index contributed by atoms with van der Waals surface area (Å²) < 4.78 is 0. The van der Waals surface area contributed by atoms with Crippen LogP contribution in [0, 0.1) is 0 Å². The maximum Gasteiger partial charge on any atom is 0.328 e. The highest BCUT2D eigenvalue weighted by Crippen LogP contribution is 2.23. The molecule has 2 fully saturated rings. The number of unbranched alkanes of at least 4 members (excludes halogenated alkanes) is 1. The first-order valence-corrected chi connectivity index (χ1v) is 20.8. The summed E-state index contributed by atoms with van der Waals surface area (Å²) >= 11 is 0. The minimum atomic E-state index is -1.79. The van der Waals surface area contributed by atoms with Gasteiger partial charge in [0.1, 0.15) is 36.3 Å². The number of imidazole rings is 1. The van der Waals surface area contributed by atoms with Gasteiger partial charge in [-0.25, -0.2) is 9.78 Å². The van der Waals surface area contributed by atoms with E-state index in [9.17, 15) is 63.6 Å². The first-order chi connectivity index (χ1) is 29.8. The zero-order chi connectivity index (χ0) is 47.0. The van der Waals surface area contributed by atoms with Gasteiger partial charge in [-0.3, -0.25) is 38.4 Å². The molecule has 3 heterocycles. The number of hydrogen-bond acceptors (Lipinski definition) is 15. The molecule has 2 saturated heterocycles. The normalized spacial score (nSPS) is 19.9. The van der Waals surface area contributed by atoms with E-state index < -0.39 is 120 Å². The first kappa shape index (κ1) is 51.6. The number of aliphatic carboxylic acids is 2. The van der Waals surface area contributed by atoms with Crippen LogP contribution >= 0.6 is 0 Å². The summed E-state index contributed by atoms with van der Waals surface area (Å²) in [5.74, 6) is -8.67. The molecule has 0 aromatic carbocycles. The zero-order valence-electron chi connectivity index (χ0n) is 35.2. The second-order valence-corrected chi connectivity index (χ2v) is 15.6. The Bertz CT molecular complexity index is 1760. The third-order valence-electron chi connectivity index (χ3n) is 10.8. The molecular weight excluding hydrogens is 834 g/mol. The van der Waals surface area contributed by atoms with E-state index in [4.69, 9.17) is 16.6 Å². The van der Waals surface area contributed by atoms with Crippen LogP contribution in [0.15, 0.2) is 12.5 Å². The van der Waals surface area contributed by atoms with Crippen molar-refractivity contribution in [3.8, 4) is 0 Å². The Morgan fingerprint density at radius 3 is 1.83 bits per heavy atom. The monoisotopic (exact) mass is 895 g/mol. The number of nitrogens with one attached hydrogen (secondary N) is 6. The second-order valence-electron chi connectivity index (χ2n) is 15.6. The summed E-state index contributed by atoms with van der Waals surface area (Å²) in [7, 11) is 0. The van der Waals surface area contributed by atoms with Gasteiger partial charge < -0.3 is 78.4 Å². The maximum absolute atomic E-state index is 14.3. The van der Waals surface area contributed by atoms with Gasteiger partial charge in [0.2, 0.25) is 41.4 Å². The van der Waals surface area contributed by atoms with E-state index in [2.05, 4.69) is 31.2 Å². The fourth-order valence-electron chi connectivity index (χ4n) is 7.29. The standard InChI is InChI=1S/C38H61N11O14/c1-19(51)29(35(59)45-25(17-50)32(56)47-30(20(2)52)38(62)63)46-31(55)23(7-3-4-12-39)43-33(57)27-9-6-14-49(27)37(61)24(15-21-16-41-18-42-21)44-34(58)26-8-5-13-48(26)36(60)22(40)10-11-28(53)54/h16,18-20,22-27,29-30,50-52H,3-15,17,39-40H2,1-2H3,(H,41,42)(H,43,57)(H,44,58)(H,45,59)(H,46,55)(H,47,56)(H,53,54)(H,62,63)/t19-,20-,22+,23+,24+,25+,26+,27+,29+,30+/m1/s1. The molecule has 0 radical (unpaired) electrons. The van der Waals surface area contributed by atoms with Crippen LogP contribution in [0.3, 0.4) is 0 Å². The molecule has 352 valence electrons. The summed E-state index contributed by atoms with van der Waals surface area (Å²) in [6.07, 6.45) is 1.08. The summed E-state index contributed by atoms with van der Waals surface area (Å²) in [6, 6.07) is -11.2. The summed E-state index contributed by atoms with van der Waals surface area (Å²) in [6.45, 7) is 1.73. The molecule has 2 aliphatic heterocycles. The van der Waals surface area contributed by atoms with Crippen molar-refractivity contribution in [2.75, 3.05) is 26.2 Å². The summed E-state index contributed by atoms with van der Waals surface area (Å²) in [5, 5.41) is 60.1. The largest absolute Gasteiger partial charge is 0.481 e. The first-order valence-electron chi connectivity index (χ1n) is 20.8. The molecule has 25 heteroatoms. The van der Waals surface area contributed by atoms with E-state index >= 15 is 0 Å².